The molecular weight excluding hydrogens is 290 g/mol. The molecule has 0 aliphatic rings. The normalized spacial score (nSPS) is 11.7. The first-order valence-electron chi connectivity index (χ1n) is 6.58. The number of methoxy groups -OCH3 is 1. The topological polar surface area (TPSA) is 22.1 Å². The van der Waals surface area contributed by atoms with Crippen LogP contribution >= 0.6 is 15.9 Å². The van der Waals surface area contributed by atoms with Crippen LogP contribution in [0.5, 0.6) is 5.75 Å². The summed E-state index contributed by atoms with van der Waals surface area (Å²) in [5, 5.41) is 1.02. The maximum atomic E-state index is 5.48. The summed E-state index contributed by atoms with van der Waals surface area (Å²) in [4.78, 5) is 4.61. The Morgan fingerprint density at radius 3 is 2.33 bits per heavy atom. The van der Waals surface area contributed by atoms with Crippen molar-refractivity contribution >= 4 is 15.9 Å². The second kappa shape index (κ2) is 6.55. The van der Waals surface area contributed by atoms with Gasteiger partial charge in [-0.3, -0.25) is 4.98 Å². The van der Waals surface area contributed by atoms with Crippen LogP contribution in [0, 0.1) is 19.3 Å². The predicted octanol–water partition coefficient (Wildman–Crippen LogP) is 4.45. The molecule has 0 unspecified atom stereocenters. The molecule has 0 bridgehead atoms. The van der Waals surface area contributed by atoms with E-state index in [1.807, 2.05) is 13.1 Å². The van der Waals surface area contributed by atoms with E-state index in [9.17, 15) is 0 Å². The van der Waals surface area contributed by atoms with Gasteiger partial charge in [-0.05, 0) is 38.5 Å². The van der Waals surface area contributed by atoms with Crippen molar-refractivity contribution < 1.29 is 4.74 Å². The number of rotatable bonds is 6. The van der Waals surface area contributed by atoms with E-state index in [1.165, 1.54) is 11.3 Å². The van der Waals surface area contributed by atoms with Crippen LogP contribution in [0.15, 0.2) is 6.20 Å². The average Bonchev–Trinajstić information content (AvgIpc) is 2.39. The average molecular weight is 314 g/mol. The largest absolute Gasteiger partial charge is 0.496 e. The monoisotopic (exact) mass is 313 g/mol. The molecule has 0 fully saturated rings. The summed E-state index contributed by atoms with van der Waals surface area (Å²) < 4.78 is 5.48. The summed E-state index contributed by atoms with van der Waals surface area (Å²) in [6, 6.07) is 0. The van der Waals surface area contributed by atoms with E-state index in [-0.39, 0.29) is 0 Å². The number of hydrogen-bond acceptors (Lipinski definition) is 2. The molecule has 1 aromatic heterocycles. The molecule has 1 heterocycles. The first-order valence-corrected chi connectivity index (χ1v) is 7.70. The minimum absolute atomic E-state index is 0.304. The molecule has 0 spiro atoms. The molecule has 0 N–H and O–H groups in total. The highest BCUT2D eigenvalue weighted by Crippen LogP contribution is 2.35. The molecule has 0 aliphatic heterocycles. The van der Waals surface area contributed by atoms with Gasteiger partial charge in [0.1, 0.15) is 5.75 Å². The van der Waals surface area contributed by atoms with Crippen LogP contribution in [0.25, 0.3) is 0 Å². The zero-order valence-electron chi connectivity index (χ0n) is 12.1. The van der Waals surface area contributed by atoms with Gasteiger partial charge in [-0.1, -0.05) is 29.8 Å². The van der Waals surface area contributed by atoms with Crippen LogP contribution in [-0.2, 0) is 6.42 Å². The zero-order valence-corrected chi connectivity index (χ0v) is 13.7. The third-order valence-electron chi connectivity index (χ3n) is 4.08. The van der Waals surface area contributed by atoms with Crippen molar-refractivity contribution in [2.75, 3.05) is 12.4 Å². The molecule has 1 aromatic rings. The Bertz CT molecular complexity index is 391. The van der Waals surface area contributed by atoms with Crippen molar-refractivity contribution in [2.45, 2.75) is 47.0 Å². The van der Waals surface area contributed by atoms with Crippen LogP contribution in [-0.4, -0.2) is 17.4 Å². The lowest BCUT2D eigenvalue weighted by Gasteiger charge is -2.30. The SMILES string of the molecule is CCC(CC)(CBr)Cc1ncc(C)c(OC)c1C. The van der Waals surface area contributed by atoms with Gasteiger partial charge >= 0.3 is 0 Å². The molecule has 0 atom stereocenters. The number of ether oxygens (including phenoxy) is 1. The van der Waals surface area contributed by atoms with Crippen molar-refractivity contribution in [1.29, 1.82) is 0 Å². The second-order valence-electron chi connectivity index (χ2n) is 5.06. The summed E-state index contributed by atoms with van der Waals surface area (Å²) in [5.74, 6) is 0.982. The molecule has 3 heteroatoms. The predicted molar refractivity (Wildman–Crippen MR) is 80.8 cm³/mol. The lowest BCUT2D eigenvalue weighted by molar-refractivity contribution is 0.302. The lowest BCUT2D eigenvalue weighted by Crippen LogP contribution is -2.25. The van der Waals surface area contributed by atoms with Crippen molar-refractivity contribution in [2.24, 2.45) is 5.41 Å². The van der Waals surface area contributed by atoms with Gasteiger partial charge in [0, 0.05) is 28.3 Å². The van der Waals surface area contributed by atoms with E-state index < -0.39 is 0 Å². The second-order valence-corrected chi connectivity index (χ2v) is 5.62. The van der Waals surface area contributed by atoms with Crippen molar-refractivity contribution in [1.82, 2.24) is 4.98 Å². The Kier molecular flexibility index (Phi) is 5.64. The molecule has 0 aromatic carbocycles. The summed E-state index contributed by atoms with van der Waals surface area (Å²) >= 11 is 3.67. The molecule has 1 rings (SSSR count). The highest BCUT2D eigenvalue weighted by Gasteiger charge is 2.27. The van der Waals surface area contributed by atoms with E-state index in [2.05, 4.69) is 41.7 Å². The minimum Gasteiger partial charge on any atom is -0.496 e. The standard InChI is InChI=1S/C15H24BrNO/c1-6-15(7-2,10-16)8-13-12(4)14(18-5)11(3)9-17-13/h9H,6-8,10H2,1-5H3. The van der Waals surface area contributed by atoms with E-state index in [4.69, 9.17) is 4.74 Å². The molecule has 18 heavy (non-hydrogen) atoms. The fraction of sp³-hybridized carbons (Fsp3) is 0.667. The lowest BCUT2D eigenvalue weighted by atomic mass is 9.79. The molecule has 0 saturated carbocycles. The highest BCUT2D eigenvalue weighted by atomic mass is 79.9. The van der Waals surface area contributed by atoms with Crippen LogP contribution in [0.4, 0.5) is 0 Å². The molecule has 0 radical (unpaired) electrons. The number of hydrogen-bond donors (Lipinski definition) is 0. The molecular formula is C15H24BrNO. The van der Waals surface area contributed by atoms with Crippen LogP contribution in [0.3, 0.4) is 0 Å². The Labute approximate surface area is 119 Å². The first-order chi connectivity index (χ1) is 8.53. The fourth-order valence-electron chi connectivity index (χ4n) is 2.34. The number of aryl methyl sites for hydroxylation is 1. The molecule has 0 amide bonds. The number of nitrogens with zero attached hydrogens (tertiary/aromatic N) is 1. The van der Waals surface area contributed by atoms with Crippen molar-refractivity contribution in [3.05, 3.63) is 23.0 Å². The van der Waals surface area contributed by atoms with Gasteiger partial charge in [0.2, 0.25) is 0 Å². The highest BCUT2D eigenvalue weighted by molar-refractivity contribution is 9.09. The van der Waals surface area contributed by atoms with Gasteiger partial charge in [0.15, 0.2) is 0 Å². The van der Waals surface area contributed by atoms with E-state index in [1.54, 1.807) is 7.11 Å². The Balaban J connectivity index is 3.11. The Morgan fingerprint density at radius 1 is 1.28 bits per heavy atom. The smallest absolute Gasteiger partial charge is 0.128 e. The third kappa shape index (κ3) is 3.05. The fourth-order valence-corrected chi connectivity index (χ4v) is 3.33. The summed E-state index contributed by atoms with van der Waals surface area (Å²) in [5.41, 5.74) is 3.76. The quantitative estimate of drug-likeness (QED) is 0.724. The van der Waals surface area contributed by atoms with Crippen molar-refractivity contribution in [3.8, 4) is 5.75 Å². The Hall–Kier alpha value is -0.570. The van der Waals surface area contributed by atoms with Crippen LogP contribution in [0.1, 0.15) is 43.5 Å². The van der Waals surface area contributed by atoms with Crippen molar-refractivity contribution in [3.63, 3.8) is 0 Å². The van der Waals surface area contributed by atoms with Gasteiger partial charge < -0.3 is 4.74 Å². The van der Waals surface area contributed by atoms with Crippen LogP contribution < -0.4 is 4.74 Å². The number of aromatic nitrogens is 1. The summed E-state index contributed by atoms with van der Waals surface area (Å²) in [7, 11) is 1.73. The summed E-state index contributed by atoms with van der Waals surface area (Å²) in [6.45, 7) is 8.66. The van der Waals surface area contributed by atoms with E-state index >= 15 is 0 Å². The number of pyridine rings is 1. The number of halogens is 1. The minimum atomic E-state index is 0.304. The van der Waals surface area contributed by atoms with Crippen LogP contribution in [0.2, 0.25) is 0 Å². The molecule has 0 aliphatic carbocycles. The molecule has 2 nitrogen and oxygen atoms in total. The maximum Gasteiger partial charge on any atom is 0.128 e. The van der Waals surface area contributed by atoms with E-state index in [0.29, 0.717) is 5.41 Å². The number of alkyl halides is 1. The molecule has 0 saturated heterocycles. The maximum absolute atomic E-state index is 5.48. The third-order valence-corrected chi connectivity index (χ3v) is 5.27. The summed E-state index contributed by atoms with van der Waals surface area (Å²) in [6.07, 6.45) is 5.25. The van der Waals surface area contributed by atoms with Gasteiger partial charge in [0.25, 0.3) is 0 Å². The molecule has 102 valence electrons. The van der Waals surface area contributed by atoms with Gasteiger partial charge in [0.05, 0.1) is 7.11 Å². The van der Waals surface area contributed by atoms with Gasteiger partial charge in [-0.15, -0.1) is 0 Å². The Morgan fingerprint density at radius 2 is 1.89 bits per heavy atom. The van der Waals surface area contributed by atoms with Gasteiger partial charge in [-0.2, -0.15) is 0 Å². The van der Waals surface area contributed by atoms with E-state index in [0.717, 1.165) is 35.9 Å². The van der Waals surface area contributed by atoms with Gasteiger partial charge in [-0.25, -0.2) is 0 Å². The first kappa shape index (κ1) is 15.5. The zero-order chi connectivity index (χ0) is 13.8.